The van der Waals surface area contributed by atoms with Gasteiger partial charge >= 0.3 is 0 Å². The molecule has 2 aromatic carbocycles. The third-order valence-electron chi connectivity index (χ3n) is 4.80. The summed E-state index contributed by atoms with van der Waals surface area (Å²) in [4.78, 5) is 2.55. The summed E-state index contributed by atoms with van der Waals surface area (Å²) in [6.07, 6.45) is 0. The van der Waals surface area contributed by atoms with E-state index in [1.807, 2.05) is 6.07 Å². The van der Waals surface area contributed by atoms with Crippen molar-refractivity contribution in [2.75, 3.05) is 40.4 Å². The summed E-state index contributed by atoms with van der Waals surface area (Å²) in [6, 6.07) is 13.3. The molecule has 1 saturated heterocycles. The van der Waals surface area contributed by atoms with E-state index in [-0.39, 0.29) is 6.04 Å². The van der Waals surface area contributed by atoms with E-state index in [9.17, 15) is 0 Å². The van der Waals surface area contributed by atoms with Gasteiger partial charge in [-0.2, -0.15) is 0 Å². The van der Waals surface area contributed by atoms with Crippen LogP contribution in [-0.2, 0) is 0 Å². The molecule has 3 rings (SSSR count). The van der Waals surface area contributed by atoms with Gasteiger partial charge in [0.05, 0.1) is 20.3 Å². The highest BCUT2D eigenvalue weighted by Gasteiger charge is 2.25. The molecule has 0 aromatic heterocycles. The van der Waals surface area contributed by atoms with Crippen LogP contribution >= 0.6 is 0 Å². The monoisotopic (exact) mass is 340 g/mol. The number of ether oxygens (including phenoxy) is 2. The minimum atomic E-state index is 0.223. The summed E-state index contributed by atoms with van der Waals surface area (Å²) >= 11 is 0. The summed E-state index contributed by atoms with van der Waals surface area (Å²) in [5.41, 5.74) is 5.18. The van der Waals surface area contributed by atoms with Gasteiger partial charge in [0.15, 0.2) is 11.5 Å². The lowest BCUT2D eigenvalue weighted by Crippen LogP contribution is -2.45. The molecule has 1 fully saturated rings. The maximum Gasteiger partial charge on any atom is 0.161 e. The lowest BCUT2D eigenvalue weighted by molar-refractivity contribution is 0.198. The fourth-order valence-electron chi connectivity index (χ4n) is 3.75. The second kappa shape index (κ2) is 7.89. The number of nitrogens with zero attached hydrogens (tertiary/aromatic N) is 1. The average molecular weight is 340 g/mol. The molecule has 4 heteroatoms. The van der Waals surface area contributed by atoms with Crippen LogP contribution in [0, 0.1) is 13.8 Å². The zero-order valence-electron chi connectivity index (χ0n) is 15.6. The van der Waals surface area contributed by atoms with Crippen molar-refractivity contribution in [1.29, 1.82) is 0 Å². The number of nitrogens with one attached hydrogen (secondary N) is 1. The summed E-state index contributed by atoms with van der Waals surface area (Å²) in [5, 5.41) is 3.45. The molecular weight excluding hydrogens is 312 g/mol. The molecule has 1 atom stereocenters. The van der Waals surface area contributed by atoms with Crippen molar-refractivity contribution in [3.8, 4) is 11.5 Å². The van der Waals surface area contributed by atoms with Crippen LogP contribution in [0.5, 0.6) is 11.5 Å². The van der Waals surface area contributed by atoms with Crippen LogP contribution in [0.3, 0.4) is 0 Å². The Labute approximate surface area is 150 Å². The van der Waals surface area contributed by atoms with E-state index in [0.717, 1.165) is 37.7 Å². The molecule has 2 aromatic rings. The van der Waals surface area contributed by atoms with Crippen LogP contribution < -0.4 is 14.8 Å². The quantitative estimate of drug-likeness (QED) is 0.905. The SMILES string of the molecule is COc1ccc(C(c2cc(C)cc(C)c2)N2CCNCC2)cc1OC. The summed E-state index contributed by atoms with van der Waals surface area (Å²) in [6.45, 7) is 8.45. The lowest BCUT2D eigenvalue weighted by atomic mass is 9.93. The predicted octanol–water partition coefficient (Wildman–Crippen LogP) is 3.32. The molecule has 0 spiro atoms. The first-order valence-corrected chi connectivity index (χ1v) is 8.87. The molecule has 1 aliphatic heterocycles. The Hall–Kier alpha value is -2.04. The maximum atomic E-state index is 5.54. The van der Waals surface area contributed by atoms with Crippen molar-refractivity contribution < 1.29 is 9.47 Å². The Morgan fingerprint density at radius 1 is 0.840 bits per heavy atom. The molecule has 4 nitrogen and oxygen atoms in total. The summed E-state index contributed by atoms with van der Waals surface area (Å²) in [5.74, 6) is 1.55. The van der Waals surface area contributed by atoms with E-state index >= 15 is 0 Å². The molecule has 1 aliphatic rings. The number of piperazine rings is 1. The van der Waals surface area contributed by atoms with Crippen molar-refractivity contribution in [1.82, 2.24) is 10.2 Å². The largest absolute Gasteiger partial charge is 0.493 e. The fraction of sp³-hybridized carbons (Fsp3) is 0.429. The average Bonchev–Trinajstić information content (AvgIpc) is 2.62. The van der Waals surface area contributed by atoms with Crippen LogP contribution in [0.2, 0.25) is 0 Å². The maximum absolute atomic E-state index is 5.54. The highest BCUT2D eigenvalue weighted by molar-refractivity contribution is 5.46. The van der Waals surface area contributed by atoms with Gasteiger partial charge in [0.1, 0.15) is 0 Å². The van der Waals surface area contributed by atoms with Crippen molar-refractivity contribution in [3.63, 3.8) is 0 Å². The molecule has 0 aliphatic carbocycles. The van der Waals surface area contributed by atoms with Crippen LogP contribution in [-0.4, -0.2) is 45.3 Å². The number of methoxy groups -OCH3 is 2. The fourth-order valence-corrected chi connectivity index (χ4v) is 3.75. The minimum absolute atomic E-state index is 0.223. The van der Waals surface area contributed by atoms with Crippen LogP contribution in [0.1, 0.15) is 28.3 Å². The van der Waals surface area contributed by atoms with E-state index in [0.29, 0.717) is 0 Å². The van der Waals surface area contributed by atoms with Crippen molar-refractivity contribution in [2.24, 2.45) is 0 Å². The molecule has 0 radical (unpaired) electrons. The first-order chi connectivity index (χ1) is 12.1. The smallest absolute Gasteiger partial charge is 0.161 e. The Balaban J connectivity index is 2.07. The van der Waals surface area contributed by atoms with Gasteiger partial charge in [0.2, 0.25) is 0 Å². The van der Waals surface area contributed by atoms with Gasteiger partial charge in [0, 0.05) is 26.2 Å². The normalized spacial score (nSPS) is 16.5. The molecule has 0 saturated carbocycles. The Bertz CT molecular complexity index is 704. The number of rotatable bonds is 5. The van der Waals surface area contributed by atoms with Gasteiger partial charge in [-0.15, -0.1) is 0 Å². The zero-order valence-corrected chi connectivity index (χ0v) is 15.6. The highest BCUT2D eigenvalue weighted by Crippen LogP contribution is 2.36. The van der Waals surface area contributed by atoms with E-state index in [1.54, 1.807) is 14.2 Å². The molecule has 1 unspecified atom stereocenters. The van der Waals surface area contributed by atoms with Crippen LogP contribution in [0.4, 0.5) is 0 Å². The third-order valence-corrected chi connectivity index (χ3v) is 4.80. The third kappa shape index (κ3) is 3.97. The molecule has 1 N–H and O–H groups in total. The zero-order chi connectivity index (χ0) is 17.8. The molecule has 134 valence electrons. The first kappa shape index (κ1) is 17.8. The van der Waals surface area contributed by atoms with Crippen LogP contribution in [0.25, 0.3) is 0 Å². The molecule has 25 heavy (non-hydrogen) atoms. The van der Waals surface area contributed by atoms with Crippen molar-refractivity contribution >= 4 is 0 Å². The van der Waals surface area contributed by atoms with Gasteiger partial charge in [-0.1, -0.05) is 35.4 Å². The number of aryl methyl sites for hydroxylation is 2. The topological polar surface area (TPSA) is 33.7 Å². The molecule has 0 amide bonds. The standard InChI is InChI=1S/C21H28N2O2/c1-15-11-16(2)13-18(12-15)21(23-9-7-22-8-10-23)17-5-6-19(24-3)20(14-17)25-4/h5-6,11-14,21-22H,7-10H2,1-4H3. The Morgan fingerprint density at radius 3 is 2.08 bits per heavy atom. The minimum Gasteiger partial charge on any atom is -0.493 e. The van der Waals surface area contributed by atoms with Gasteiger partial charge in [-0.05, 0) is 37.1 Å². The predicted molar refractivity (Wildman–Crippen MR) is 102 cm³/mol. The van der Waals surface area contributed by atoms with Gasteiger partial charge < -0.3 is 14.8 Å². The van der Waals surface area contributed by atoms with E-state index in [4.69, 9.17) is 9.47 Å². The van der Waals surface area contributed by atoms with E-state index in [1.165, 1.54) is 22.3 Å². The Morgan fingerprint density at radius 2 is 1.48 bits per heavy atom. The van der Waals surface area contributed by atoms with Crippen molar-refractivity contribution in [2.45, 2.75) is 19.9 Å². The lowest BCUT2D eigenvalue weighted by Gasteiger charge is -2.36. The van der Waals surface area contributed by atoms with Gasteiger partial charge in [-0.25, -0.2) is 0 Å². The first-order valence-electron chi connectivity index (χ1n) is 8.87. The summed E-state index contributed by atoms with van der Waals surface area (Å²) < 4.78 is 11.0. The number of benzene rings is 2. The molecule has 0 bridgehead atoms. The van der Waals surface area contributed by atoms with Gasteiger partial charge in [0.25, 0.3) is 0 Å². The highest BCUT2D eigenvalue weighted by atomic mass is 16.5. The second-order valence-electron chi connectivity index (χ2n) is 6.72. The Kier molecular flexibility index (Phi) is 5.61. The number of hydrogen-bond donors (Lipinski definition) is 1. The van der Waals surface area contributed by atoms with E-state index < -0.39 is 0 Å². The van der Waals surface area contributed by atoms with Gasteiger partial charge in [-0.3, -0.25) is 4.90 Å². The van der Waals surface area contributed by atoms with Crippen molar-refractivity contribution in [3.05, 3.63) is 58.7 Å². The molecule has 1 heterocycles. The second-order valence-corrected chi connectivity index (χ2v) is 6.72. The van der Waals surface area contributed by atoms with E-state index in [2.05, 4.69) is 54.4 Å². The number of hydrogen-bond acceptors (Lipinski definition) is 4. The molecular formula is C21H28N2O2. The summed E-state index contributed by atoms with van der Waals surface area (Å²) in [7, 11) is 3.37. The van der Waals surface area contributed by atoms with Crippen LogP contribution in [0.15, 0.2) is 36.4 Å².